The summed E-state index contributed by atoms with van der Waals surface area (Å²) in [4.78, 5) is 4.47. The first kappa shape index (κ1) is 14.6. The molecule has 4 heteroatoms. The Labute approximate surface area is 127 Å². The minimum Gasteiger partial charge on any atom is -0.497 e. The van der Waals surface area contributed by atoms with E-state index < -0.39 is 0 Å². The third-order valence-corrected chi connectivity index (χ3v) is 3.47. The van der Waals surface area contributed by atoms with Crippen molar-refractivity contribution < 1.29 is 9.47 Å². The van der Waals surface area contributed by atoms with Gasteiger partial charge in [0.1, 0.15) is 11.5 Å². The molecule has 2 aromatic carbocycles. The molecule has 0 heterocycles. The second-order valence-electron chi connectivity index (χ2n) is 4.28. The number of hydrogen-bond acceptors (Lipinski definition) is 3. The highest BCUT2D eigenvalue weighted by Crippen LogP contribution is 2.26. The third-order valence-electron chi connectivity index (χ3n) is 3.01. The first-order valence-corrected chi connectivity index (χ1v) is 6.95. The van der Waals surface area contributed by atoms with E-state index in [9.17, 15) is 0 Å². The molecule has 0 unspecified atom stereocenters. The van der Waals surface area contributed by atoms with Crippen molar-refractivity contribution in [1.82, 2.24) is 0 Å². The molecular formula is C16H16BrNO2. The molecule has 0 spiro atoms. The normalized spacial score (nSPS) is 10.8. The van der Waals surface area contributed by atoms with E-state index >= 15 is 0 Å². The van der Waals surface area contributed by atoms with Gasteiger partial charge in [0.15, 0.2) is 0 Å². The minimum atomic E-state index is 0.823. The molecule has 20 heavy (non-hydrogen) atoms. The summed E-state index contributed by atoms with van der Waals surface area (Å²) in [7, 11) is 3.31. The van der Waals surface area contributed by atoms with Crippen LogP contribution in [0.25, 0.3) is 0 Å². The maximum absolute atomic E-state index is 5.34. The van der Waals surface area contributed by atoms with E-state index in [0.29, 0.717) is 0 Å². The van der Waals surface area contributed by atoms with Gasteiger partial charge in [0, 0.05) is 16.3 Å². The highest BCUT2D eigenvalue weighted by Gasteiger charge is 2.05. The summed E-state index contributed by atoms with van der Waals surface area (Å²) in [5.74, 6) is 1.67. The van der Waals surface area contributed by atoms with E-state index in [1.165, 1.54) is 0 Å². The van der Waals surface area contributed by atoms with Crippen LogP contribution >= 0.6 is 15.9 Å². The standard InChI is InChI=1S/C16H16BrNO2/c1-11-12(8-13(17)9-16(11)20-3)10-18-14-4-6-15(19-2)7-5-14/h4-10H,1-3H3/b18-10-. The Hall–Kier alpha value is -1.81. The predicted molar refractivity (Wildman–Crippen MR) is 85.7 cm³/mol. The fourth-order valence-electron chi connectivity index (χ4n) is 1.83. The summed E-state index contributed by atoms with van der Waals surface area (Å²) in [5.41, 5.74) is 2.96. The molecule has 0 fully saturated rings. The molecule has 2 rings (SSSR count). The zero-order valence-corrected chi connectivity index (χ0v) is 13.3. The molecule has 0 saturated carbocycles. The van der Waals surface area contributed by atoms with Gasteiger partial charge in [-0.15, -0.1) is 0 Å². The van der Waals surface area contributed by atoms with Crippen LogP contribution < -0.4 is 9.47 Å². The van der Waals surface area contributed by atoms with Crippen LogP contribution in [0.2, 0.25) is 0 Å². The van der Waals surface area contributed by atoms with Gasteiger partial charge in [-0.1, -0.05) is 15.9 Å². The summed E-state index contributed by atoms with van der Waals surface area (Å²) in [6, 6.07) is 11.6. The largest absolute Gasteiger partial charge is 0.497 e. The van der Waals surface area contributed by atoms with Gasteiger partial charge in [0.05, 0.1) is 19.9 Å². The second-order valence-corrected chi connectivity index (χ2v) is 5.19. The maximum atomic E-state index is 5.34. The van der Waals surface area contributed by atoms with Gasteiger partial charge in [0.2, 0.25) is 0 Å². The molecule has 0 aliphatic rings. The van der Waals surface area contributed by atoms with Crippen LogP contribution in [0.15, 0.2) is 45.9 Å². The van der Waals surface area contributed by atoms with Gasteiger partial charge in [-0.3, -0.25) is 4.99 Å². The number of aliphatic imine (C=N–C) groups is 1. The van der Waals surface area contributed by atoms with Gasteiger partial charge in [0.25, 0.3) is 0 Å². The van der Waals surface area contributed by atoms with E-state index in [4.69, 9.17) is 9.47 Å². The molecular weight excluding hydrogens is 318 g/mol. The lowest BCUT2D eigenvalue weighted by Crippen LogP contribution is -1.93. The number of hydrogen-bond donors (Lipinski definition) is 0. The van der Waals surface area contributed by atoms with Crippen molar-refractivity contribution in [2.75, 3.05) is 14.2 Å². The van der Waals surface area contributed by atoms with Crippen molar-refractivity contribution >= 4 is 27.8 Å². The van der Waals surface area contributed by atoms with Crippen molar-refractivity contribution in [2.45, 2.75) is 6.92 Å². The number of rotatable bonds is 4. The van der Waals surface area contributed by atoms with E-state index in [-0.39, 0.29) is 0 Å². The van der Waals surface area contributed by atoms with E-state index in [1.807, 2.05) is 49.5 Å². The van der Waals surface area contributed by atoms with Crippen LogP contribution in [0.5, 0.6) is 11.5 Å². The Morgan fingerprint density at radius 2 is 1.75 bits per heavy atom. The van der Waals surface area contributed by atoms with Gasteiger partial charge < -0.3 is 9.47 Å². The average molecular weight is 334 g/mol. The van der Waals surface area contributed by atoms with Gasteiger partial charge >= 0.3 is 0 Å². The number of halogens is 1. The number of nitrogens with zero attached hydrogens (tertiary/aromatic N) is 1. The Kier molecular flexibility index (Phi) is 4.79. The van der Waals surface area contributed by atoms with Crippen molar-refractivity contribution in [2.24, 2.45) is 4.99 Å². The monoisotopic (exact) mass is 333 g/mol. The lowest BCUT2D eigenvalue weighted by molar-refractivity contribution is 0.411. The van der Waals surface area contributed by atoms with E-state index in [2.05, 4.69) is 20.9 Å². The highest BCUT2D eigenvalue weighted by atomic mass is 79.9. The predicted octanol–water partition coefficient (Wildman–Crippen LogP) is 4.53. The molecule has 0 aliphatic heterocycles. The Balaban J connectivity index is 2.28. The molecule has 0 bridgehead atoms. The average Bonchev–Trinajstić information content (AvgIpc) is 2.48. The van der Waals surface area contributed by atoms with Gasteiger partial charge in [-0.2, -0.15) is 0 Å². The van der Waals surface area contributed by atoms with Crippen molar-refractivity contribution in [3.05, 3.63) is 52.0 Å². The quantitative estimate of drug-likeness (QED) is 0.770. The summed E-state index contributed by atoms with van der Waals surface area (Å²) >= 11 is 3.47. The SMILES string of the molecule is COc1ccc(/N=C\c2cc(Br)cc(OC)c2C)cc1. The summed E-state index contributed by atoms with van der Waals surface area (Å²) in [5, 5.41) is 0. The van der Waals surface area contributed by atoms with Crippen molar-refractivity contribution in [3.63, 3.8) is 0 Å². The molecule has 0 aromatic heterocycles. The zero-order chi connectivity index (χ0) is 14.5. The molecule has 0 N–H and O–H groups in total. The highest BCUT2D eigenvalue weighted by molar-refractivity contribution is 9.10. The molecule has 0 amide bonds. The number of ether oxygens (including phenoxy) is 2. The van der Waals surface area contributed by atoms with Crippen LogP contribution in [0.4, 0.5) is 5.69 Å². The zero-order valence-electron chi connectivity index (χ0n) is 11.7. The van der Waals surface area contributed by atoms with Gasteiger partial charge in [-0.25, -0.2) is 0 Å². The van der Waals surface area contributed by atoms with Gasteiger partial charge in [-0.05, 0) is 48.9 Å². The van der Waals surface area contributed by atoms with Crippen LogP contribution in [-0.4, -0.2) is 20.4 Å². The van der Waals surface area contributed by atoms with Crippen LogP contribution in [0.3, 0.4) is 0 Å². The first-order valence-electron chi connectivity index (χ1n) is 6.16. The summed E-state index contributed by atoms with van der Waals surface area (Å²) in [6.45, 7) is 2.01. The summed E-state index contributed by atoms with van der Waals surface area (Å²) in [6.07, 6.45) is 1.84. The molecule has 0 radical (unpaired) electrons. The number of methoxy groups -OCH3 is 2. The molecule has 3 nitrogen and oxygen atoms in total. The van der Waals surface area contributed by atoms with Crippen molar-refractivity contribution in [3.8, 4) is 11.5 Å². The van der Waals surface area contributed by atoms with Crippen LogP contribution in [0, 0.1) is 6.92 Å². The maximum Gasteiger partial charge on any atom is 0.123 e. The van der Waals surface area contributed by atoms with E-state index in [0.717, 1.165) is 32.8 Å². The smallest absolute Gasteiger partial charge is 0.123 e. The first-order chi connectivity index (χ1) is 9.63. The van der Waals surface area contributed by atoms with Crippen LogP contribution in [-0.2, 0) is 0 Å². The van der Waals surface area contributed by atoms with Crippen LogP contribution in [0.1, 0.15) is 11.1 Å². The molecule has 0 atom stereocenters. The Morgan fingerprint density at radius 1 is 1.05 bits per heavy atom. The molecule has 0 aliphatic carbocycles. The minimum absolute atomic E-state index is 0.823. The topological polar surface area (TPSA) is 30.8 Å². The molecule has 0 saturated heterocycles. The van der Waals surface area contributed by atoms with Crippen molar-refractivity contribution in [1.29, 1.82) is 0 Å². The fraction of sp³-hybridized carbons (Fsp3) is 0.188. The Bertz CT molecular complexity index is 621. The van der Waals surface area contributed by atoms with E-state index in [1.54, 1.807) is 14.2 Å². The second kappa shape index (κ2) is 6.57. The molecule has 2 aromatic rings. The fourth-order valence-corrected chi connectivity index (χ4v) is 2.29. The third kappa shape index (κ3) is 3.39. The Morgan fingerprint density at radius 3 is 2.35 bits per heavy atom. The molecule has 104 valence electrons. The number of benzene rings is 2. The summed E-state index contributed by atoms with van der Waals surface area (Å²) < 4.78 is 11.4. The lowest BCUT2D eigenvalue weighted by Gasteiger charge is -2.08. The lowest BCUT2D eigenvalue weighted by atomic mass is 10.1.